The number of amides is 1. The van der Waals surface area contributed by atoms with Crippen LogP contribution in [0.2, 0.25) is 0 Å². The van der Waals surface area contributed by atoms with E-state index in [1.165, 1.54) is 0 Å². The number of hydrogen-bond acceptors (Lipinski definition) is 3. The molecule has 0 bridgehead atoms. The van der Waals surface area contributed by atoms with Crippen LogP contribution in [0.4, 0.5) is 5.69 Å². The zero-order chi connectivity index (χ0) is 12.0. The van der Waals surface area contributed by atoms with E-state index < -0.39 is 0 Å². The van der Waals surface area contributed by atoms with Crippen molar-refractivity contribution in [2.75, 3.05) is 12.4 Å². The first kappa shape index (κ1) is 12.5. The van der Waals surface area contributed by atoms with Crippen LogP contribution in [0.25, 0.3) is 0 Å². The molecule has 0 aromatic carbocycles. The minimum Gasteiger partial charge on any atom is -0.380 e. The van der Waals surface area contributed by atoms with E-state index in [0.717, 1.165) is 18.7 Å². The number of rotatable bonds is 6. The van der Waals surface area contributed by atoms with E-state index in [4.69, 9.17) is 0 Å². The molecule has 1 heterocycles. The van der Waals surface area contributed by atoms with Gasteiger partial charge in [0, 0.05) is 32.3 Å². The second-order valence-electron chi connectivity index (χ2n) is 3.91. The van der Waals surface area contributed by atoms with Crippen molar-refractivity contribution in [3.05, 3.63) is 12.4 Å². The van der Waals surface area contributed by atoms with Gasteiger partial charge in [-0.25, -0.2) is 0 Å². The molecule has 0 aliphatic heterocycles. The normalized spacial score (nSPS) is 12.2. The lowest BCUT2D eigenvalue weighted by atomic mass is 10.2. The Hall–Kier alpha value is -1.52. The number of nitrogens with zero attached hydrogens (tertiary/aromatic N) is 2. The van der Waals surface area contributed by atoms with E-state index >= 15 is 0 Å². The summed E-state index contributed by atoms with van der Waals surface area (Å²) in [5.74, 6) is 0.0425. The maximum absolute atomic E-state index is 11.1. The van der Waals surface area contributed by atoms with Gasteiger partial charge in [-0.1, -0.05) is 6.92 Å². The molecule has 1 rings (SSSR count). The van der Waals surface area contributed by atoms with Crippen molar-refractivity contribution < 1.29 is 4.79 Å². The Morgan fingerprint density at radius 3 is 3.00 bits per heavy atom. The number of nitrogens with one attached hydrogen (secondary N) is 2. The fourth-order valence-corrected chi connectivity index (χ4v) is 1.51. The molecule has 0 saturated heterocycles. The second kappa shape index (κ2) is 6.15. The first-order valence-electron chi connectivity index (χ1n) is 5.65. The number of aromatic nitrogens is 2. The van der Waals surface area contributed by atoms with Crippen molar-refractivity contribution in [2.45, 2.75) is 39.3 Å². The summed E-state index contributed by atoms with van der Waals surface area (Å²) in [5, 5.41) is 10.1. The molecule has 0 aliphatic carbocycles. The lowest BCUT2D eigenvalue weighted by Gasteiger charge is -2.12. The molecule has 2 N–H and O–H groups in total. The highest BCUT2D eigenvalue weighted by molar-refractivity contribution is 5.76. The van der Waals surface area contributed by atoms with Gasteiger partial charge in [0.15, 0.2) is 0 Å². The average molecular weight is 224 g/mol. The van der Waals surface area contributed by atoms with Crippen LogP contribution in [0, 0.1) is 0 Å². The van der Waals surface area contributed by atoms with Gasteiger partial charge in [-0.15, -0.1) is 0 Å². The molecule has 1 aromatic heterocycles. The van der Waals surface area contributed by atoms with Crippen LogP contribution in [0.15, 0.2) is 12.4 Å². The molecule has 0 saturated carbocycles. The highest BCUT2D eigenvalue weighted by Gasteiger charge is 2.08. The summed E-state index contributed by atoms with van der Waals surface area (Å²) in [7, 11) is 1.65. The minimum atomic E-state index is 0.0425. The summed E-state index contributed by atoms with van der Waals surface area (Å²) < 4.78 is 1.90. The van der Waals surface area contributed by atoms with Crippen molar-refractivity contribution in [2.24, 2.45) is 0 Å². The molecule has 0 fully saturated rings. The monoisotopic (exact) mass is 224 g/mol. The Balaban J connectivity index is 2.43. The lowest BCUT2D eigenvalue weighted by molar-refractivity contribution is -0.120. The van der Waals surface area contributed by atoms with Crippen LogP contribution in [-0.2, 0) is 11.3 Å². The molecule has 0 radical (unpaired) electrons. The molecular weight excluding hydrogens is 204 g/mol. The fourth-order valence-electron chi connectivity index (χ4n) is 1.51. The predicted molar refractivity (Wildman–Crippen MR) is 64.3 cm³/mol. The summed E-state index contributed by atoms with van der Waals surface area (Å²) in [6.45, 7) is 5.01. The Labute approximate surface area is 96.2 Å². The fraction of sp³-hybridized carbons (Fsp3) is 0.636. The second-order valence-corrected chi connectivity index (χ2v) is 3.91. The first-order valence-corrected chi connectivity index (χ1v) is 5.65. The van der Waals surface area contributed by atoms with Crippen molar-refractivity contribution >= 4 is 11.6 Å². The van der Waals surface area contributed by atoms with Crippen molar-refractivity contribution in [1.29, 1.82) is 0 Å². The third-order valence-electron chi connectivity index (χ3n) is 2.27. The molecule has 90 valence electrons. The Morgan fingerprint density at radius 1 is 1.62 bits per heavy atom. The zero-order valence-electron chi connectivity index (χ0n) is 10.2. The number of hydrogen-bond donors (Lipinski definition) is 2. The van der Waals surface area contributed by atoms with Crippen molar-refractivity contribution in [1.82, 2.24) is 15.1 Å². The summed E-state index contributed by atoms with van der Waals surface area (Å²) >= 11 is 0. The minimum absolute atomic E-state index is 0.0425. The van der Waals surface area contributed by atoms with E-state index in [0.29, 0.717) is 6.42 Å². The Kier molecular flexibility index (Phi) is 4.82. The quantitative estimate of drug-likeness (QED) is 0.764. The van der Waals surface area contributed by atoms with E-state index in [2.05, 4.69) is 22.7 Å². The SMILES string of the molecule is CCCn1cc(NC(C)CC(=O)NC)cn1. The first-order chi connectivity index (χ1) is 7.65. The Morgan fingerprint density at radius 2 is 2.38 bits per heavy atom. The molecule has 1 atom stereocenters. The van der Waals surface area contributed by atoms with Gasteiger partial charge < -0.3 is 10.6 Å². The van der Waals surface area contributed by atoms with E-state index in [9.17, 15) is 4.79 Å². The molecule has 1 unspecified atom stereocenters. The third kappa shape index (κ3) is 3.92. The van der Waals surface area contributed by atoms with Crippen LogP contribution < -0.4 is 10.6 Å². The van der Waals surface area contributed by atoms with Gasteiger partial charge in [0.1, 0.15) is 0 Å². The zero-order valence-corrected chi connectivity index (χ0v) is 10.2. The highest BCUT2D eigenvalue weighted by Crippen LogP contribution is 2.08. The van der Waals surface area contributed by atoms with E-state index in [1.54, 1.807) is 13.2 Å². The number of carbonyl (C=O) groups excluding carboxylic acids is 1. The molecule has 16 heavy (non-hydrogen) atoms. The van der Waals surface area contributed by atoms with Crippen LogP contribution in [0.1, 0.15) is 26.7 Å². The number of anilines is 1. The maximum atomic E-state index is 11.1. The molecular formula is C11H20N4O. The lowest BCUT2D eigenvalue weighted by Crippen LogP contribution is -2.26. The van der Waals surface area contributed by atoms with Gasteiger partial charge in [-0.3, -0.25) is 9.48 Å². The predicted octanol–water partition coefficient (Wildman–Crippen LogP) is 1.23. The van der Waals surface area contributed by atoms with Gasteiger partial charge in [-0.05, 0) is 13.3 Å². The van der Waals surface area contributed by atoms with Crippen LogP contribution in [0.3, 0.4) is 0 Å². The average Bonchev–Trinajstić information content (AvgIpc) is 2.65. The summed E-state index contributed by atoms with van der Waals surface area (Å²) in [6, 6.07) is 0.110. The number of carbonyl (C=O) groups is 1. The van der Waals surface area contributed by atoms with Crippen LogP contribution in [0.5, 0.6) is 0 Å². The Bertz CT molecular complexity index is 334. The van der Waals surface area contributed by atoms with Gasteiger partial charge in [0.2, 0.25) is 5.91 Å². The van der Waals surface area contributed by atoms with E-state index in [1.807, 2.05) is 17.8 Å². The molecule has 1 aromatic rings. The van der Waals surface area contributed by atoms with Crippen molar-refractivity contribution in [3.8, 4) is 0 Å². The molecule has 1 amide bonds. The van der Waals surface area contributed by atoms with Gasteiger partial charge in [0.25, 0.3) is 0 Å². The van der Waals surface area contributed by atoms with Gasteiger partial charge in [0.05, 0.1) is 11.9 Å². The topological polar surface area (TPSA) is 59.0 Å². The van der Waals surface area contributed by atoms with Gasteiger partial charge in [-0.2, -0.15) is 5.10 Å². The van der Waals surface area contributed by atoms with Crippen LogP contribution >= 0.6 is 0 Å². The standard InChI is InChI=1S/C11H20N4O/c1-4-5-15-8-10(7-13-15)14-9(2)6-11(16)12-3/h7-9,14H,4-6H2,1-3H3,(H,12,16). The molecule has 0 spiro atoms. The van der Waals surface area contributed by atoms with Crippen molar-refractivity contribution in [3.63, 3.8) is 0 Å². The van der Waals surface area contributed by atoms with E-state index in [-0.39, 0.29) is 11.9 Å². The third-order valence-corrected chi connectivity index (χ3v) is 2.27. The highest BCUT2D eigenvalue weighted by atomic mass is 16.1. The molecule has 5 heteroatoms. The molecule has 5 nitrogen and oxygen atoms in total. The smallest absolute Gasteiger partial charge is 0.221 e. The summed E-state index contributed by atoms with van der Waals surface area (Å²) in [5.41, 5.74) is 0.963. The number of aryl methyl sites for hydroxylation is 1. The van der Waals surface area contributed by atoms with Crippen LogP contribution in [-0.4, -0.2) is 28.8 Å². The maximum Gasteiger partial charge on any atom is 0.221 e. The summed E-state index contributed by atoms with van der Waals surface area (Å²) in [4.78, 5) is 11.1. The summed E-state index contributed by atoms with van der Waals surface area (Å²) in [6.07, 6.45) is 5.28. The largest absolute Gasteiger partial charge is 0.380 e. The molecule has 0 aliphatic rings. The van der Waals surface area contributed by atoms with Gasteiger partial charge >= 0.3 is 0 Å².